The Kier molecular flexibility index (Phi) is 7.35. The quantitative estimate of drug-likeness (QED) is 0.427. The molecule has 0 unspecified atom stereocenters. The standard InChI is InChI=1S/C23H21FN2O2.CH2O2/c1-2-16-4-3-5-21(24)23(16)28-14-15-10-18-7-9-27-22(18)20(11-15)17-6-8-26-19(12-17)13-25;2-1-3/h3-12H,2,13-14,25H2,1H3;1H,(H,2,3). The molecule has 7 heteroatoms. The zero-order valence-electron chi connectivity index (χ0n) is 17.0. The SMILES string of the molecule is CCc1cccc(F)c1OCc1cc(-c2ccnc(CN)c2)c2occc2c1.O=CO. The van der Waals surface area contributed by atoms with Crippen molar-refractivity contribution in [2.45, 2.75) is 26.5 Å². The molecule has 0 aliphatic rings. The van der Waals surface area contributed by atoms with Gasteiger partial charge in [0.2, 0.25) is 0 Å². The van der Waals surface area contributed by atoms with E-state index in [4.69, 9.17) is 24.8 Å². The van der Waals surface area contributed by atoms with Gasteiger partial charge >= 0.3 is 0 Å². The van der Waals surface area contributed by atoms with Crippen molar-refractivity contribution >= 4 is 17.4 Å². The number of fused-ring (bicyclic) bond motifs is 1. The monoisotopic (exact) mass is 422 g/mol. The summed E-state index contributed by atoms with van der Waals surface area (Å²) in [5.41, 5.74) is 11.0. The average molecular weight is 422 g/mol. The Bertz CT molecular complexity index is 1170. The molecule has 2 aromatic carbocycles. The molecule has 6 nitrogen and oxygen atoms in total. The van der Waals surface area contributed by atoms with Crippen molar-refractivity contribution in [2.24, 2.45) is 5.73 Å². The number of ether oxygens (including phenoxy) is 1. The van der Waals surface area contributed by atoms with E-state index in [0.717, 1.165) is 38.9 Å². The van der Waals surface area contributed by atoms with Crippen molar-refractivity contribution in [3.63, 3.8) is 0 Å². The number of aryl methyl sites for hydroxylation is 1. The summed E-state index contributed by atoms with van der Waals surface area (Å²) in [5.74, 6) is -0.0288. The van der Waals surface area contributed by atoms with Crippen molar-refractivity contribution in [1.29, 1.82) is 0 Å². The Hall–Kier alpha value is -3.71. The van der Waals surface area contributed by atoms with Crippen LogP contribution in [0.5, 0.6) is 5.75 Å². The van der Waals surface area contributed by atoms with Crippen molar-refractivity contribution in [2.75, 3.05) is 0 Å². The van der Waals surface area contributed by atoms with Gasteiger partial charge in [0.15, 0.2) is 11.6 Å². The first-order valence-electron chi connectivity index (χ1n) is 9.74. The normalized spacial score (nSPS) is 10.4. The number of nitrogens with two attached hydrogens (primary N) is 1. The summed E-state index contributed by atoms with van der Waals surface area (Å²) in [6.07, 6.45) is 4.11. The highest BCUT2D eigenvalue weighted by Crippen LogP contribution is 2.32. The van der Waals surface area contributed by atoms with Gasteiger partial charge in [-0.25, -0.2) is 4.39 Å². The Morgan fingerprint density at radius 2 is 2.03 bits per heavy atom. The topological polar surface area (TPSA) is 98.6 Å². The lowest BCUT2D eigenvalue weighted by Gasteiger charge is -2.13. The molecule has 0 spiro atoms. The maximum atomic E-state index is 14.2. The second-order valence-corrected chi connectivity index (χ2v) is 6.70. The lowest BCUT2D eigenvalue weighted by atomic mass is 10.0. The van der Waals surface area contributed by atoms with Gasteiger partial charge in [-0.3, -0.25) is 9.78 Å². The Balaban J connectivity index is 0.000000858. The minimum atomic E-state index is -0.342. The molecule has 0 amide bonds. The number of benzene rings is 2. The Morgan fingerprint density at radius 1 is 1.23 bits per heavy atom. The number of hydrogen-bond acceptors (Lipinski definition) is 5. The fourth-order valence-electron chi connectivity index (χ4n) is 3.35. The zero-order chi connectivity index (χ0) is 22.2. The van der Waals surface area contributed by atoms with Gasteiger partial charge in [-0.05, 0) is 59.5 Å². The van der Waals surface area contributed by atoms with Gasteiger partial charge in [0.05, 0.1) is 12.0 Å². The first kappa shape index (κ1) is 22.0. The predicted molar refractivity (Wildman–Crippen MR) is 116 cm³/mol. The summed E-state index contributed by atoms with van der Waals surface area (Å²) in [7, 11) is 0. The minimum Gasteiger partial charge on any atom is -0.486 e. The smallest absolute Gasteiger partial charge is 0.290 e. The summed E-state index contributed by atoms with van der Waals surface area (Å²) in [6.45, 7) is 2.36. The molecule has 0 saturated heterocycles. The average Bonchev–Trinajstić information content (AvgIpc) is 3.27. The second-order valence-electron chi connectivity index (χ2n) is 6.70. The first-order chi connectivity index (χ1) is 15.1. The van der Waals surface area contributed by atoms with Crippen molar-refractivity contribution in [1.82, 2.24) is 4.98 Å². The molecule has 0 bridgehead atoms. The van der Waals surface area contributed by atoms with Crippen molar-refractivity contribution in [3.05, 3.63) is 83.6 Å². The van der Waals surface area contributed by atoms with E-state index in [-0.39, 0.29) is 18.9 Å². The van der Waals surface area contributed by atoms with Crippen LogP contribution in [-0.4, -0.2) is 16.6 Å². The summed E-state index contributed by atoms with van der Waals surface area (Å²) in [4.78, 5) is 12.6. The maximum absolute atomic E-state index is 14.2. The fourth-order valence-corrected chi connectivity index (χ4v) is 3.35. The van der Waals surface area contributed by atoms with E-state index in [2.05, 4.69) is 4.98 Å². The molecular formula is C24H23FN2O4. The van der Waals surface area contributed by atoms with Gasteiger partial charge in [0.1, 0.15) is 12.2 Å². The van der Waals surface area contributed by atoms with Gasteiger partial charge in [0, 0.05) is 23.7 Å². The minimum absolute atomic E-state index is 0.250. The maximum Gasteiger partial charge on any atom is 0.290 e. The Labute approximate surface area is 179 Å². The van der Waals surface area contributed by atoms with E-state index in [0.29, 0.717) is 18.7 Å². The van der Waals surface area contributed by atoms with Gasteiger partial charge in [-0.2, -0.15) is 0 Å². The molecule has 0 aliphatic carbocycles. The molecule has 3 N–H and O–H groups in total. The molecule has 160 valence electrons. The fraction of sp³-hybridized carbons (Fsp3) is 0.167. The number of pyridine rings is 1. The predicted octanol–water partition coefficient (Wildman–Crippen LogP) is 4.93. The first-order valence-corrected chi connectivity index (χ1v) is 9.74. The molecule has 4 aromatic rings. The molecule has 0 aliphatic heterocycles. The molecule has 0 fully saturated rings. The molecule has 0 radical (unpaired) electrons. The highest BCUT2D eigenvalue weighted by Gasteiger charge is 2.13. The van der Waals surface area contributed by atoms with E-state index in [9.17, 15) is 4.39 Å². The third kappa shape index (κ3) is 5.07. The van der Waals surface area contributed by atoms with Crippen LogP contribution in [-0.2, 0) is 24.4 Å². The van der Waals surface area contributed by atoms with Gasteiger partial charge in [-0.15, -0.1) is 0 Å². The molecule has 2 aromatic heterocycles. The number of aromatic nitrogens is 1. The van der Waals surface area contributed by atoms with Crippen LogP contribution in [0.4, 0.5) is 4.39 Å². The highest BCUT2D eigenvalue weighted by atomic mass is 19.1. The van der Waals surface area contributed by atoms with Gasteiger partial charge in [0.25, 0.3) is 6.47 Å². The summed E-state index contributed by atoms with van der Waals surface area (Å²) >= 11 is 0. The third-order valence-electron chi connectivity index (χ3n) is 4.76. The molecule has 4 rings (SSSR count). The number of carboxylic acid groups (broad SMARTS) is 1. The molecule has 31 heavy (non-hydrogen) atoms. The summed E-state index contributed by atoms with van der Waals surface area (Å²) in [6, 6.07) is 14.8. The second kappa shape index (κ2) is 10.4. The molecular weight excluding hydrogens is 399 g/mol. The Morgan fingerprint density at radius 3 is 2.77 bits per heavy atom. The van der Waals surface area contributed by atoms with E-state index in [1.165, 1.54) is 6.07 Å². The van der Waals surface area contributed by atoms with E-state index >= 15 is 0 Å². The van der Waals surface area contributed by atoms with Gasteiger partial charge < -0.3 is 20.0 Å². The number of halogens is 1. The number of para-hydroxylation sites is 1. The van der Waals surface area contributed by atoms with Crippen LogP contribution in [0.15, 0.2) is 65.4 Å². The van der Waals surface area contributed by atoms with Crippen LogP contribution in [0.2, 0.25) is 0 Å². The number of carbonyl (C=O) groups is 1. The van der Waals surface area contributed by atoms with Crippen LogP contribution in [0.3, 0.4) is 0 Å². The number of rotatable bonds is 6. The van der Waals surface area contributed by atoms with Crippen LogP contribution >= 0.6 is 0 Å². The molecule has 2 heterocycles. The van der Waals surface area contributed by atoms with Crippen LogP contribution in [0.1, 0.15) is 23.7 Å². The lowest BCUT2D eigenvalue weighted by Crippen LogP contribution is -2.01. The number of furan rings is 1. The zero-order valence-corrected chi connectivity index (χ0v) is 17.0. The van der Waals surface area contributed by atoms with E-state index in [1.807, 2.05) is 43.3 Å². The summed E-state index contributed by atoms with van der Waals surface area (Å²) in [5, 5.41) is 7.85. The van der Waals surface area contributed by atoms with E-state index < -0.39 is 0 Å². The van der Waals surface area contributed by atoms with Crippen LogP contribution in [0.25, 0.3) is 22.1 Å². The third-order valence-corrected chi connectivity index (χ3v) is 4.76. The summed E-state index contributed by atoms with van der Waals surface area (Å²) < 4.78 is 25.8. The molecule has 0 atom stereocenters. The highest BCUT2D eigenvalue weighted by molar-refractivity contribution is 5.93. The molecule has 0 saturated carbocycles. The lowest BCUT2D eigenvalue weighted by molar-refractivity contribution is -0.122. The van der Waals surface area contributed by atoms with Crippen molar-refractivity contribution < 1.29 is 23.4 Å². The van der Waals surface area contributed by atoms with Gasteiger partial charge in [-0.1, -0.05) is 19.1 Å². The van der Waals surface area contributed by atoms with Crippen molar-refractivity contribution in [3.8, 4) is 16.9 Å². The van der Waals surface area contributed by atoms with Crippen LogP contribution < -0.4 is 10.5 Å². The van der Waals surface area contributed by atoms with E-state index in [1.54, 1.807) is 18.5 Å². The van der Waals surface area contributed by atoms with Crippen LogP contribution in [0, 0.1) is 5.82 Å². The number of hydrogen-bond donors (Lipinski definition) is 2. The largest absolute Gasteiger partial charge is 0.486 e. The number of nitrogens with zero attached hydrogens (tertiary/aromatic N) is 1.